The summed E-state index contributed by atoms with van der Waals surface area (Å²) in [5.41, 5.74) is 3.84. The van der Waals surface area contributed by atoms with Gasteiger partial charge in [-0.15, -0.1) is 0 Å². The minimum atomic E-state index is -0.298. The van der Waals surface area contributed by atoms with Gasteiger partial charge in [0.1, 0.15) is 0 Å². The molecule has 0 bridgehead atoms. The number of rotatable bonds is 5. The van der Waals surface area contributed by atoms with E-state index in [4.69, 9.17) is 0 Å². The molecule has 1 amide bonds. The van der Waals surface area contributed by atoms with Gasteiger partial charge in [0, 0.05) is 18.7 Å². The first-order valence-electron chi connectivity index (χ1n) is 6.84. The number of nitrogens with zero attached hydrogens (tertiary/aromatic N) is 1. The van der Waals surface area contributed by atoms with Crippen LogP contribution in [0.4, 0.5) is 0 Å². The molecule has 4 heteroatoms. The number of hydrogen-bond donors (Lipinski definition) is 0. The van der Waals surface area contributed by atoms with Crippen LogP contribution in [0.5, 0.6) is 0 Å². The Bertz CT molecular complexity index is 485. The molecule has 0 atom stereocenters. The maximum Gasteiger partial charge on any atom is 0.307 e. The van der Waals surface area contributed by atoms with Crippen LogP contribution in [-0.2, 0) is 9.53 Å². The summed E-state index contributed by atoms with van der Waals surface area (Å²) in [5.74, 6) is -0.319. The van der Waals surface area contributed by atoms with E-state index in [-0.39, 0.29) is 18.3 Å². The van der Waals surface area contributed by atoms with Crippen molar-refractivity contribution in [2.75, 3.05) is 20.2 Å². The Balaban J connectivity index is 2.94. The molecule has 4 nitrogen and oxygen atoms in total. The Kier molecular flexibility index (Phi) is 5.74. The highest BCUT2D eigenvalue weighted by atomic mass is 16.5. The summed E-state index contributed by atoms with van der Waals surface area (Å²) in [7, 11) is 1.36. The molecular formula is C16H23NO3. The first-order chi connectivity index (χ1) is 9.40. The van der Waals surface area contributed by atoms with Crippen molar-refractivity contribution in [1.29, 1.82) is 0 Å². The molecule has 1 aromatic rings. The number of methoxy groups -OCH3 is 1. The fourth-order valence-corrected chi connectivity index (χ4v) is 2.41. The first kappa shape index (κ1) is 16.2. The fourth-order valence-electron chi connectivity index (χ4n) is 2.41. The van der Waals surface area contributed by atoms with Crippen molar-refractivity contribution in [3.05, 3.63) is 34.4 Å². The number of benzene rings is 1. The van der Waals surface area contributed by atoms with Gasteiger partial charge in [-0.2, -0.15) is 0 Å². The molecule has 1 rings (SSSR count). The van der Waals surface area contributed by atoms with E-state index in [2.05, 4.69) is 4.74 Å². The maximum absolute atomic E-state index is 12.6. The van der Waals surface area contributed by atoms with Gasteiger partial charge in [0.05, 0.1) is 13.5 Å². The third-order valence-corrected chi connectivity index (χ3v) is 3.37. The highest BCUT2D eigenvalue weighted by Crippen LogP contribution is 2.18. The van der Waals surface area contributed by atoms with Gasteiger partial charge in [0.25, 0.3) is 5.91 Å². The van der Waals surface area contributed by atoms with Gasteiger partial charge in [0.2, 0.25) is 0 Å². The minimum Gasteiger partial charge on any atom is -0.469 e. The van der Waals surface area contributed by atoms with Crippen LogP contribution in [0.3, 0.4) is 0 Å². The SMILES string of the molecule is CCN(CCC(=O)OC)C(=O)c1c(C)cc(C)cc1C. The number of esters is 1. The van der Waals surface area contributed by atoms with Crippen molar-refractivity contribution in [2.45, 2.75) is 34.1 Å². The second-order valence-corrected chi connectivity index (χ2v) is 4.98. The van der Waals surface area contributed by atoms with Crippen molar-refractivity contribution in [1.82, 2.24) is 4.90 Å². The van der Waals surface area contributed by atoms with Crippen molar-refractivity contribution < 1.29 is 14.3 Å². The first-order valence-corrected chi connectivity index (χ1v) is 6.84. The summed E-state index contributed by atoms with van der Waals surface area (Å²) in [4.78, 5) is 25.5. The molecule has 0 aromatic heterocycles. The molecule has 0 fully saturated rings. The van der Waals surface area contributed by atoms with E-state index < -0.39 is 0 Å². The Morgan fingerprint density at radius 3 is 2.15 bits per heavy atom. The van der Waals surface area contributed by atoms with Crippen LogP contribution in [0.2, 0.25) is 0 Å². The van der Waals surface area contributed by atoms with Gasteiger partial charge in [-0.05, 0) is 38.8 Å². The Morgan fingerprint density at radius 1 is 1.15 bits per heavy atom. The van der Waals surface area contributed by atoms with Crippen LogP contribution < -0.4 is 0 Å². The quantitative estimate of drug-likeness (QED) is 0.777. The third kappa shape index (κ3) is 3.83. The molecule has 1 aromatic carbocycles. The number of amides is 1. The van der Waals surface area contributed by atoms with Crippen LogP contribution >= 0.6 is 0 Å². The molecule has 0 radical (unpaired) electrons. The van der Waals surface area contributed by atoms with E-state index in [9.17, 15) is 9.59 Å². The van der Waals surface area contributed by atoms with Crippen LogP contribution in [0.25, 0.3) is 0 Å². The topological polar surface area (TPSA) is 46.6 Å². The number of carbonyl (C=O) groups is 2. The van der Waals surface area contributed by atoms with Gasteiger partial charge in [-0.25, -0.2) is 0 Å². The molecule has 20 heavy (non-hydrogen) atoms. The minimum absolute atomic E-state index is 0.0218. The molecule has 110 valence electrons. The standard InChI is InChI=1S/C16H23NO3/c1-6-17(8-7-14(18)20-5)16(19)15-12(3)9-11(2)10-13(15)4/h9-10H,6-8H2,1-5H3. The highest BCUT2D eigenvalue weighted by Gasteiger charge is 2.19. The summed E-state index contributed by atoms with van der Waals surface area (Å²) in [6.07, 6.45) is 0.222. The zero-order valence-corrected chi connectivity index (χ0v) is 12.9. The van der Waals surface area contributed by atoms with Crippen molar-refractivity contribution >= 4 is 11.9 Å². The largest absolute Gasteiger partial charge is 0.469 e. The fraction of sp³-hybridized carbons (Fsp3) is 0.500. The van der Waals surface area contributed by atoms with Gasteiger partial charge < -0.3 is 9.64 Å². The molecule has 0 heterocycles. The molecule has 0 aliphatic rings. The average molecular weight is 277 g/mol. The Hall–Kier alpha value is -1.84. The zero-order valence-electron chi connectivity index (χ0n) is 12.9. The lowest BCUT2D eigenvalue weighted by Gasteiger charge is -2.22. The maximum atomic E-state index is 12.6. The van der Waals surface area contributed by atoms with Crippen LogP contribution in [-0.4, -0.2) is 37.0 Å². The number of ether oxygens (including phenoxy) is 1. The van der Waals surface area contributed by atoms with E-state index in [1.165, 1.54) is 7.11 Å². The summed E-state index contributed by atoms with van der Waals surface area (Å²) in [6, 6.07) is 4.02. The van der Waals surface area contributed by atoms with Gasteiger partial charge in [0.15, 0.2) is 0 Å². The number of carbonyl (C=O) groups excluding carboxylic acids is 2. The molecule has 0 saturated carbocycles. The lowest BCUT2D eigenvalue weighted by atomic mass is 9.98. The lowest BCUT2D eigenvalue weighted by molar-refractivity contribution is -0.140. The Morgan fingerprint density at radius 2 is 1.70 bits per heavy atom. The third-order valence-electron chi connectivity index (χ3n) is 3.37. The lowest BCUT2D eigenvalue weighted by Crippen LogP contribution is -2.34. The van der Waals surface area contributed by atoms with Crippen LogP contribution in [0.15, 0.2) is 12.1 Å². The van der Waals surface area contributed by atoms with E-state index >= 15 is 0 Å². The molecule has 0 aliphatic carbocycles. The number of aryl methyl sites for hydroxylation is 3. The summed E-state index contributed by atoms with van der Waals surface area (Å²) in [5, 5.41) is 0. The highest BCUT2D eigenvalue weighted by molar-refractivity contribution is 5.97. The van der Waals surface area contributed by atoms with Gasteiger partial charge in [-0.1, -0.05) is 17.7 Å². The normalized spacial score (nSPS) is 10.2. The van der Waals surface area contributed by atoms with E-state index in [0.29, 0.717) is 13.1 Å². The van der Waals surface area contributed by atoms with Crippen molar-refractivity contribution in [3.8, 4) is 0 Å². The zero-order chi connectivity index (χ0) is 15.3. The predicted molar refractivity (Wildman–Crippen MR) is 78.9 cm³/mol. The molecular weight excluding hydrogens is 254 g/mol. The smallest absolute Gasteiger partial charge is 0.307 e. The molecule has 0 aliphatic heterocycles. The van der Waals surface area contributed by atoms with E-state index in [0.717, 1.165) is 22.3 Å². The molecule has 0 spiro atoms. The monoisotopic (exact) mass is 277 g/mol. The molecule has 0 saturated heterocycles. The van der Waals surface area contributed by atoms with Crippen molar-refractivity contribution in [2.24, 2.45) is 0 Å². The van der Waals surface area contributed by atoms with E-state index in [1.807, 2.05) is 39.8 Å². The summed E-state index contributed by atoms with van der Waals surface area (Å²) >= 11 is 0. The Labute approximate surface area is 120 Å². The van der Waals surface area contributed by atoms with Gasteiger partial charge >= 0.3 is 5.97 Å². The second-order valence-electron chi connectivity index (χ2n) is 4.98. The van der Waals surface area contributed by atoms with Crippen molar-refractivity contribution in [3.63, 3.8) is 0 Å². The predicted octanol–water partition coefficient (Wildman–Crippen LogP) is 2.64. The van der Waals surface area contributed by atoms with Gasteiger partial charge in [-0.3, -0.25) is 9.59 Å². The summed E-state index contributed by atoms with van der Waals surface area (Å²) < 4.78 is 4.62. The summed E-state index contributed by atoms with van der Waals surface area (Å²) in [6.45, 7) is 8.78. The van der Waals surface area contributed by atoms with Crippen LogP contribution in [0.1, 0.15) is 40.4 Å². The van der Waals surface area contributed by atoms with E-state index in [1.54, 1.807) is 4.90 Å². The second kappa shape index (κ2) is 7.08. The average Bonchev–Trinajstić information content (AvgIpc) is 2.37. The number of hydrogen-bond acceptors (Lipinski definition) is 3. The molecule has 0 N–H and O–H groups in total. The van der Waals surface area contributed by atoms with Crippen LogP contribution in [0, 0.1) is 20.8 Å². The molecule has 0 unspecified atom stereocenters.